The van der Waals surface area contributed by atoms with Crippen molar-refractivity contribution in [3.8, 4) is 11.1 Å². The van der Waals surface area contributed by atoms with Gasteiger partial charge in [-0.25, -0.2) is 4.79 Å². The van der Waals surface area contributed by atoms with Gasteiger partial charge in [0, 0.05) is 31.2 Å². The Kier molecular flexibility index (Phi) is 10.0. The second-order valence-electron chi connectivity index (χ2n) is 9.20. The Bertz CT molecular complexity index is 981. The average molecular weight is 499 g/mol. The highest BCUT2D eigenvalue weighted by molar-refractivity contribution is 7.99. The molecule has 0 aliphatic heterocycles. The molecule has 1 aliphatic rings. The van der Waals surface area contributed by atoms with E-state index in [1.807, 2.05) is 24.3 Å². The second-order valence-corrected chi connectivity index (χ2v) is 10.3. The van der Waals surface area contributed by atoms with Crippen molar-refractivity contribution in [3.63, 3.8) is 0 Å². The van der Waals surface area contributed by atoms with E-state index in [1.54, 1.807) is 0 Å². The van der Waals surface area contributed by atoms with Gasteiger partial charge in [0.25, 0.3) is 0 Å². The lowest BCUT2D eigenvalue weighted by Gasteiger charge is -2.20. The Labute approximate surface area is 211 Å². The van der Waals surface area contributed by atoms with Crippen LogP contribution in [0.25, 0.3) is 11.1 Å². The summed E-state index contributed by atoms with van der Waals surface area (Å²) in [5, 5.41) is 14.3. The van der Waals surface area contributed by atoms with Crippen molar-refractivity contribution in [1.29, 1.82) is 0 Å². The van der Waals surface area contributed by atoms with Crippen molar-refractivity contribution in [2.75, 3.05) is 31.2 Å². The number of thioether (sulfide) groups is 1. The zero-order valence-electron chi connectivity index (χ0n) is 20.3. The monoisotopic (exact) mass is 498 g/mol. The first-order chi connectivity index (χ1) is 16.8. The summed E-state index contributed by atoms with van der Waals surface area (Å²) in [7, 11) is 0. The highest BCUT2D eigenvalue weighted by Crippen LogP contribution is 2.44. The highest BCUT2D eigenvalue weighted by Gasteiger charge is 2.29. The third-order valence-corrected chi connectivity index (χ3v) is 6.90. The SMILES string of the molecule is CC(C)CC(CNC(=O)OCC1c2ccccc2-c2ccccc21)CC(=O)NCCSCC(=O)O. The molecule has 2 aromatic carbocycles. The van der Waals surface area contributed by atoms with E-state index in [0.29, 0.717) is 31.2 Å². The van der Waals surface area contributed by atoms with Gasteiger partial charge in [-0.05, 0) is 40.5 Å². The summed E-state index contributed by atoms with van der Waals surface area (Å²) < 4.78 is 5.61. The Morgan fingerprint density at radius 3 is 2.23 bits per heavy atom. The predicted molar refractivity (Wildman–Crippen MR) is 139 cm³/mol. The molecule has 2 amide bonds. The molecule has 1 atom stereocenters. The Balaban J connectivity index is 1.47. The number of rotatable bonds is 13. The van der Waals surface area contributed by atoms with Crippen molar-refractivity contribution in [2.45, 2.75) is 32.6 Å². The number of alkyl carbamates (subject to hydrolysis) is 1. The molecule has 2 aromatic rings. The first-order valence-electron chi connectivity index (χ1n) is 12.0. The van der Waals surface area contributed by atoms with Gasteiger partial charge in [-0.15, -0.1) is 11.8 Å². The lowest BCUT2D eigenvalue weighted by atomic mass is 9.94. The van der Waals surface area contributed by atoms with Crippen molar-refractivity contribution < 1.29 is 24.2 Å². The number of benzene rings is 2. The molecule has 35 heavy (non-hydrogen) atoms. The van der Waals surface area contributed by atoms with Crippen LogP contribution in [0.4, 0.5) is 4.79 Å². The molecule has 0 aromatic heterocycles. The standard InChI is InChI=1S/C27H34N2O5S/c1-18(2)13-19(14-25(30)28-11-12-35-17-26(31)32)15-29-27(33)34-16-24-22-9-5-3-7-20(22)21-8-4-6-10-23(21)24/h3-10,18-19,24H,11-17H2,1-2H3,(H,28,30)(H,29,33)(H,31,32). The molecule has 3 rings (SSSR count). The average Bonchev–Trinajstić information content (AvgIpc) is 3.14. The van der Waals surface area contributed by atoms with Crippen molar-refractivity contribution in [1.82, 2.24) is 10.6 Å². The van der Waals surface area contributed by atoms with Crippen LogP contribution in [0, 0.1) is 11.8 Å². The van der Waals surface area contributed by atoms with Gasteiger partial charge in [0.2, 0.25) is 5.91 Å². The molecule has 0 bridgehead atoms. The number of carboxylic acids is 1. The minimum atomic E-state index is -0.863. The number of hydrogen-bond donors (Lipinski definition) is 3. The molecule has 0 fully saturated rings. The number of carbonyl (C=O) groups excluding carboxylic acids is 2. The van der Waals surface area contributed by atoms with E-state index in [2.05, 4.69) is 48.7 Å². The minimum Gasteiger partial charge on any atom is -0.481 e. The smallest absolute Gasteiger partial charge is 0.407 e. The van der Waals surface area contributed by atoms with Crippen LogP contribution in [0.15, 0.2) is 48.5 Å². The fraction of sp³-hybridized carbons (Fsp3) is 0.444. The minimum absolute atomic E-state index is 0.00406. The van der Waals surface area contributed by atoms with Crippen molar-refractivity contribution >= 4 is 29.7 Å². The quantitative estimate of drug-likeness (QED) is 0.351. The van der Waals surface area contributed by atoms with Gasteiger partial charge < -0.3 is 20.5 Å². The summed E-state index contributed by atoms with van der Waals surface area (Å²) in [5.41, 5.74) is 4.69. The number of carboxylic acid groups (broad SMARTS) is 1. The van der Waals surface area contributed by atoms with Gasteiger partial charge in [-0.1, -0.05) is 62.4 Å². The van der Waals surface area contributed by atoms with Crippen LogP contribution in [0.5, 0.6) is 0 Å². The van der Waals surface area contributed by atoms with Gasteiger partial charge in [0.1, 0.15) is 6.61 Å². The lowest BCUT2D eigenvalue weighted by Crippen LogP contribution is -2.35. The first kappa shape index (κ1) is 26.6. The summed E-state index contributed by atoms with van der Waals surface area (Å²) in [4.78, 5) is 35.4. The summed E-state index contributed by atoms with van der Waals surface area (Å²) in [6.45, 7) is 5.20. The maximum Gasteiger partial charge on any atom is 0.407 e. The summed E-state index contributed by atoms with van der Waals surface area (Å²) in [6, 6.07) is 16.4. The van der Waals surface area contributed by atoms with Crippen LogP contribution in [0.3, 0.4) is 0 Å². The molecule has 1 aliphatic carbocycles. The first-order valence-corrected chi connectivity index (χ1v) is 13.2. The fourth-order valence-corrected chi connectivity index (χ4v) is 5.10. The molecular formula is C27H34N2O5S. The number of amides is 2. The lowest BCUT2D eigenvalue weighted by molar-refractivity contribution is -0.133. The molecule has 0 saturated carbocycles. The van der Waals surface area contributed by atoms with Crippen LogP contribution in [-0.2, 0) is 14.3 Å². The molecule has 0 heterocycles. The van der Waals surface area contributed by atoms with Gasteiger partial charge in [-0.2, -0.15) is 0 Å². The number of carbonyl (C=O) groups is 3. The molecule has 3 N–H and O–H groups in total. The number of nitrogens with one attached hydrogen (secondary N) is 2. The van der Waals surface area contributed by atoms with E-state index < -0.39 is 12.1 Å². The second kappa shape index (κ2) is 13.2. The third kappa shape index (κ3) is 8.02. The molecule has 1 unspecified atom stereocenters. The van der Waals surface area contributed by atoms with Crippen molar-refractivity contribution in [3.05, 3.63) is 59.7 Å². The normalized spacial score (nSPS) is 13.1. The molecule has 188 valence electrons. The van der Waals surface area contributed by atoms with Gasteiger partial charge in [0.05, 0.1) is 5.75 Å². The zero-order valence-corrected chi connectivity index (χ0v) is 21.1. The van der Waals surface area contributed by atoms with Crippen LogP contribution < -0.4 is 10.6 Å². The number of aliphatic carboxylic acids is 1. The van der Waals surface area contributed by atoms with E-state index >= 15 is 0 Å². The van der Waals surface area contributed by atoms with Crippen LogP contribution >= 0.6 is 11.8 Å². The molecule has 8 heteroatoms. The van der Waals surface area contributed by atoms with Gasteiger partial charge in [-0.3, -0.25) is 9.59 Å². The maximum absolute atomic E-state index is 12.5. The van der Waals surface area contributed by atoms with Gasteiger partial charge >= 0.3 is 12.1 Å². The van der Waals surface area contributed by atoms with Crippen LogP contribution in [-0.4, -0.2) is 54.3 Å². The van der Waals surface area contributed by atoms with Crippen LogP contribution in [0.2, 0.25) is 0 Å². The van der Waals surface area contributed by atoms with Crippen molar-refractivity contribution in [2.24, 2.45) is 11.8 Å². The Morgan fingerprint density at radius 2 is 1.63 bits per heavy atom. The van der Waals surface area contributed by atoms with E-state index in [0.717, 1.165) is 17.5 Å². The Morgan fingerprint density at radius 1 is 1.00 bits per heavy atom. The topological polar surface area (TPSA) is 105 Å². The zero-order chi connectivity index (χ0) is 25.2. The van der Waals surface area contributed by atoms with E-state index in [-0.39, 0.29) is 30.1 Å². The van der Waals surface area contributed by atoms with E-state index in [4.69, 9.17) is 9.84 Å². The maximum atomic E-state index is 12.5. The fourth-order valence-electron chi connectivity index (χ4n) is 4.54. The highest BCUT2D eigenvalue weighted by atomic mass is 32.2. The summed E-state index contributed by atoms with van der Waals surface area (Å²) in [5.74, 6) is -0.0193. The molecule has 0 saturated heterocycles. The van der Waals surface area contributed by atoms with E-state index in [9.17, 15) is 14.4 Å². The molecule has 0 spiro atoms. The Hall–Kier alpha value is -3.00. The summed E-state index contributed by atoms with van der Waals surface area (Å²) in [6.07, 6.45) is 0.613. The summed E-state index contributed by atoms with van der Waals surface area (Å²) >= 11 is 1.27. The van der Waals surface area contributed by atoms with E-state index in [1.165, 1.54) is 22.9 Å². The number of hydrogen-bond acceptors (Lipinski definition) is 5. The van der Waals surface area contributed by atoms with Gasteiger partial charge in [0.15, 0.2) is 0 Å². The number of fused-ring (bicyclic) bond motifs is 3. The van der Waals surface area contributed by atoms with Crippen LogP contribution in [0.1, 0.15) is 43.7 Å². The molecular weight excluding hydrogens is 464 g/mol. The predicted octanol–water partition coefficient (Wildman–Crippen LogP) is 4.51. The third-order valence-electron chi connectivity index (χ3n) is 5.95. The molecule has 0 radical (unpaired) electrons. The molecule has 7 nitrogen and oxygen atoms in total. The largest absolute Gasteiger partial charge is 0.481 e. The number of ether oxygens (including phenoxy) is 1.